The van der Waals surface area contributed by atoms with Crippen molar-refractivity contribution in [2.75, 3.05) is 18.7 Å². The summed E-state index contributed by atoms with van der Waals surface area (Å²) >= 11 is 0. The van der Waals surface area contributed by atoms with Crippen LogP contribution in [0, 0.1) is 0 Å². The van der Waals surface area contributed by atoms with Crippen LogP contribution in [0.1, 0.15) is 33.6 Å². The molecule has 1 aliphatic heterocycles. The molecule has 3 aromatic rings. The van der Waals surface area contributed by atoms with E-state index >= 15 is 0 Å². The van der Waals surface area contributed by atoms with Crippen LogP contribution in [0.5, 0.6) is 5.75 Å². The zero-order chi connectivity index (χ0) is 24.8. The molecule has 0 saturated carbocycles. The van der Waals surface area contributed by atoms with Gasteiger partial charge in [-0.15, -0.1) is 0 Å². The number of rotatable bonds is 12. The zero-order valence-electron chi connectivity index (χ0n) is 20.4. The number of hydrogen-bond donors (Lipinski definition) is 2. The number of hydrogen-bond acceptors (Lipinski definition) is 8. The van der Waals surface area contributed by atoms with Gasteiger partial charge < -0.3 is 29.0 Å². The molecule has 10 nitrogen and oxygen atoms in total. The highest BCUT2D eigenvalue weighted by Crippen LogP contribution is 2.44. The highest BCUT2D eigenvalue weighted by atomic mass is 31.2. The van der Waals surface area contributed by atoms with Crippen LogP contribution in [0.3, 0.4) is 0 Å². The molecule has 4 unspecified atom stereocenters. The molecule has 0 bridgehead atoms. The standard InChI is InChI=1S/C24H34N5O5P/c1-4-19-14-31-22(33-19)12-17(2)28-35(30,34-20-8-6-5-7-9-20)16-32-18(3)13-29-15-27-23-21(25)10-11-26-24(23)29/h5-11,15,17-19,22H,4,12-14,16H2,1-3H3,(H2,25,26)(H,28,30)/t17?,18-,19?,22?,35?/m1/s1. The summed E-state index contributed by atoms with van der Waals surface area (Å²) in [6.07, 6.45) is 4.15. The first-order valence-corrected chi connectivity index (χ1v) is 13.7. The van der Waals surface area contributed by atoms with Gasteiger partial charge in [-0.2, -0.15) is 0 Å². The van der Waals surface area contributed by atoms with Crippen molar-refractivity contribution in [3.05, 3.63) is 48.9 Å². The van der Waals surface area contributed by atoms with Crippen LogP contribution in [-0.2, 0) is 25.3 Å². The van der Waals surface area contributed by atoms with Crippen molar-refractivity contribution >= 4 is 24.4 Å². The Morgan fingerprint density at radius 1 is 1.26 bits per heavy atom. The summed E-state index contributed by atoms with van der Waals surface area (Å²) in [4.78, 5) is 8.71. The van der Waals surface area contributed by atoms with Gasteiger partial charge in [0.15, 0.2) is 11.9 Å². The van der Waals surface area contributed by atoms with Gasteiger partial charge in [0.05, 0.1) is 37.4 Å². The molecule has 1 saturated heterocycles. The number of ether oxygens (including phenoxy) is 3. The molecule has 1 fully saturated rings. The molecule has 0 spiro atoms. The molecule has 1 aliphatic rings. The van der Waals surface area contributed by atoms with Gasteiger partial charge in [-0.05, 0) is 38.5 Å². The molecule has 3 heterocycles. The number of nitrogens with two attached hydrogens (primary N) is 1. The molecule has 0 amide bonds. The first-order chi connectivity index (χ1) is 16.8. The molecule has 0 radical (unpaired) electrons. The van der Waals surface area contributed by atoms with E-state index in [1.54, 1.807) is 30.7 Å². The lowest BCUT2D eigenvalue weighted by Gasteiger charge is -2.26. The SMILES string of the molecule is CCC1COC(CC(C)NP(=O)(CO[C@H](C)Cn2cnc3c(N)ccnc32)Oc2ccccc2)O1. The van der Waals surface area contributed by atoms with Crippen molar-refractivity contribution in [1.29, 1.82) is 0 Å². The maximum Gasteiger partial charge on any atom is 0.342 e. The lowest BCUT2D eigenvalue weighted by Crippen LogP contribution is -2.32. The molecule has 1 aromatic carbocycles. The van der Waals surface area contributed by atoms with Gasteiger partial charge in [0.1, 0.15) is 17.6 Å². The van der Waals surface area contributed by atoms with Crippen molar-refractivity contribution in [1.82, 2.24) is 19.6 Å². The molecule has 0 aliphatic carbocycles. The second-order valence-corrected chi connectivity index (χ2v) is 10.9. The summed E-state index contributed by atoms with van der Waals surface area (Å²) in [5.74, 6) is 0.506. The minimum Gasteiger partial charge on any atom is -0.431 e. The average Bonchev–Trinajstić information content (AvgIpc) is 3.46. The Kier molecular flexibility index (Phi) is 8.41. The highest BCUT2D eigenvalue weighted by molar-refractivity contribution is 7.57. The summed E-state index contributed by atoms with van der Waals surface area (Å²) in [5, 5.41) is 3.15. The maximum absolute atomic E-state index is 13.9. The average molecular weight is 504 g/mol. The topological polar surface area (TPSA) is 123 Å². The fourth-order valence-electron chi connectivity index (χ4n) is 3.93. The van der Waals surface area contributed by atoms with Crippen LogP contribution in [0.25, 0.3) is 11.2 Å². The van der Waals surface area contributed by atoms with Crippen molar-refractivity contribution in [2.45, 2.75) is 64.7 Å². The number of para-hydroxylation sites is 1. The molecular weight excluding hydrogens is 469 g/mol. The van der Waals surface area contributed by atoms with E-state index in [-0.39, 0.29) is 30.9 Å². The number of fused-ring (bicyclic) bond motifs is 1. The van der Waals surface area contributed by atoms with Crippen LogP contribution in [0.4, 0.5) is 5.69 Å². The van der Waals surface area contributed by atoms with Gasteiger partial charge in [-0.25, -0.2) is 15.1 Å². The van der Waals surface area contributed by atoms with E-state index in [4.69, 9.17) is 24.5 Å². The summed E-state index contributed by atoms with van der Waals surface area (Å²) in [7, 11) is -3.42. The van der Waals surface area contributed by atoms with Gasteiger partial charge in [0.2, 0.25) is 0 Å². The normalized spacial score (nSPS) is 21.6. The summed E-state index contributed by atoms with van der Waals surface area (Å²) in [5.41, 5.74) is 7.88. The van der Waals surface area contributed by atoms with Crippen LogP contribution in [-0.4, -0.2) is 52.0 Å². The Bertz CT molecular complexity index is 1140. The zero-order valence-corrected chi connectivity index (χ0v) is 21.3. The predicted octanol–water partition coefficient (Wildman–Crippen LogP) is 4.17. The number of imidazole rings is 1. The monoisotopic (exact) mass is 503 g/mol. The quantitative estimate of drug-likeness (QED) is 0.351. The number of pyridine rings is 1. The largest absolute Gasteiger partial charge is 0.431 e. The number of nitrogen functional groups attached to an aromatic ring is 1. The summed E-state index contributed by atoms with van der Waals surface area (Å²) in [6, 6.07) is 10.6. The van der Waals surface area contributed by atoms with Crippen molar-refractivity contribution < 1.29 is 23.3 Å². The molecule has 35 heavy (non-hydrogen) atoms. The molecule has 2 aromatic heterocycles. The van der Waals surface area contributed by atoms with Gasteiger partial charge in [0.25, 0.3) is 0 Å². The smallest absolute Gasteiger partial charge is 0.342 e. The van der Waals surface area contributed by atoms with Crippen molar-refractivity contribution in [3.8, 4) is 5.75 Å². The van der Waals surface area contributed by atoms with Crippen LogP contribution in [0.15, 0.2) is 48.9 Å². The summed E-state index contributed by atoms with van der Waals surface area (Å²) < 4.78 is 39.3. The van der Waals surface area contributed by atoms with Gasteiger partial charge in [-0.1, -0.05) is 25.1 Å². The fraction of sp³-hybridized carbons (Fsp3) is 0.500. The second kappa shape index (κ2) is 11.5. The second-order valence-electron chi connectivity index (χ2n) is 8.85. The predicted molar refractivity (Wildman–Crippen MR) is 134 cm³/mol. The maximum atomic E-state index is 13.9. The van der Waals surface area contributed by atoms with E-state index in [0.717, 1.165) is 6.42 Å². The lowest BCUT2D eigenvalue weighted by atomic mass is 10.2. The van der Waals surface area contributed by atoms with Crippen LogP contribution in [0.2, 0.25) is 0 Å². The van der Waals surface area contributed by atoms with E-state index in [1.807, 2.05) is 36.6 Å². The molecule has 4 rings (SSSR count). The van der Waals surface area contributed by atoms with E-state index in [1.165, 1.54) is 0 Å². The number of aromatic nitrogens is 3. The Morgan fingerprint density at radius 3 is 2.80 bits per heavy atom. The third-order valence-electron chi connectivity index (χ3n) is 5.74. The van der Waals surface area contributed by atoms with Crippen molar-refractivity contribution in [3.63, 3.8) is 0 Å². The van der Waals surface area contributed by atoms with E-state index in [0.29, 0.717) is 42.2 Å². The molecule has 11 heteroatoms. The van der Waals surface area contributed by atoms with Gasteiger partial charge >= 0.3 is 7.52 Å². The van der Waals surface area contributed by atoms with Gasteiger partial charge in [0, 0.05) is 18.7 Å². The first-order valence-electron chi connectivity index (χ1n) is 11.9. The van der Waals surface area contributed by atoms with E-state index < -0.39 is 7.52 Å². The molecule has 190 valence electrons. The highest BCUT2D eigenvalue weighted by Gasteiger charge is 2.32. The van der Waals surface area contributed by atoms with E-state index in [2.05, 4.69) is 22.0 Å². The molecule has 3 N–H and O–H groups in total. The summed E-state index contributed by atoms with van der Waals surface area (Å²) in [6.45, 7) is 6.95. The number of benzene rings is 1. The Morgan fingerprint density at radius 2 is 2.06 bits per heavy atom. The number of anilines is 1. The number of nitrogens with zero attached hydrogens (tertiary/aromatic N) is 3. The first kappa shape index (κ1) is 25.6. The van der Waals surface area contributed by atoms with Gasteiger partial charge in [-0.3, -0.25) is 4.57 Å². The molecular formula is C24H34N5O5P. The van der Waals surface area contributed by atoms with Crippen molar-refractivity contribution in [2.24, 2.45) is 0 Å². The Labute approximate surface area is 205 Å². The Balaban J connectivity index is 1.39. The van der Waals surface area contributed by atoms with Crippen LogP contribution < -0.4 is 15.3 Å². The van der Waals surface area contributed by atoms with Crippen LogP contribution >= 0.6 is 7.52 Å². The minimum absolute atomic E-state index is 0.104. The molecule has 5 atom stereocenters. The Hall–Kier alpha value is -2.49. The fourth-order valence-corrected chi connectivity index (χ4v) is 5.80. The minimum atomic E-state index is -3.42. The lowest BCUT2D eigenvalue weighted by molar-refractivity contribution is -0.0658. The third kappa shape index (κ3) is 6.80. The number of nitrogens with one attached hydrogen (secondary N) is 1. The van der Waals surface area contributed by atoms with E-state index in [9.17, 15) is 4.57 Å². The third-order valence-corrected chi connectivity index (χ3v) is 7.57.